The summed E-state index contributed by atoms with van der Waals surface area (Å²) in [7, 11) is 0. The molecule has 0 radical (unpaired) electrons. The lowest BCUT2D eigenvalue weighted by molar-refractivity contribution is 1.34. The molecule has 0 aliphatic rings. The van der Waals surface area contributed by atoms with Gasteiger partial charge in [0, 0.05) is 25.8 Å². The normalized spacial score (nSPS) is 10.9. The average Bonchev–Trinajstić information content (AvgIpc) is 2.75. The highest BCUT2D eigenvalue weighted by atomic mass is 79.9. The van der Waals surface area contributed by atoms with E-state index in [0.717, 1.165) is 10.0 Å². The van der Waals surface area contributed by atoms with Gasteiger partial charge in [0.2, 0.25) is 0 Å². The predicted molar refractivity (Wildman–Crippen MR) is 77.2 cm³/mol. The molecule has 0 saturated carbocycles. The first-order chi connectivity index (χ1) is 8.24. The largest absolute Gasteiger partial charge is 0.384 e. The van der Waals surface area contributed by atoms with Crippen LogP contribution < -0.4 is 5.73 Å². The molecule has 2 aromatic heterocycles. The molecule has 2 nitrogen and oxygen atoms in total. The molecule has 0 saturated heterocycles. The van der Waals surface area contributed by atoms with E-state index in [1.807, 2.05) is 24.4 Å². The number of thiophene rings is 1. The van der Waals surface area contributed by atoms with Gasteiger partial charge in [-0.3, -0.25) is 0 Å². The van der Waals surface area contributed by atoms with Gasteiger partial charge in [0.1, 0.15) is 5.82 Å². The molecule has 2 N–H and O–H groups in total. The van der Waals surface area contributed by atoms with Gasteiger partial charge in [0.15, 0.2) is 0 Å². The summed E-state index contributed by atoms with van der Waals surface area (Å²) in [5.74, 6) is 0.552. The fourth-order valence-electron chi connectivity index (χ4n) is 1.72. The van der Waals surface area contributed by atoms with E-state index in [1.165, 1.54) is 15.0 Å². The SMILES string of the molecule is Nc1ccc(-c2cc3cccc(Br)c3s2)cn1. The zero-order valence-electron chi connectivity index (χ0n) is 8.85. The molecule has 0 spiro atoms. The van der Waals surface area contributed by atoms with Crippen LogP contribution in [-0.4, -0.2) is 4.98 Å². The summed E-state index contributed by atoms with van der Waals surface area (Å²) in [4.78, 5) is 5.33. The van der Waals surface area contributed by atoms with Gasteiger partial charge in [0.25, 0.3) is 0 Å². The van der Waals surface area contributed by atoms with E-state index in [9.17, 15) is 0 Å². The van der Waals surface area contributed by atoms with Crippen LogP contribution in [0.4, 0.5) is 5.82 Å². The number of aromatic nitrogens is 1. The molecule has 0 amide bonds. The molecule has 0 atom stereocenters. The number of fused-ring (bicyclic) bond motifs is 1. The Kier molecular flexibility index (Phi) is 2.61. The molecule has 4 heteroatoms. The minimum atomic E-state index is 0.552. The summed E-state index contributed by atoms with van der Waals surface area (Å²) in [6.07, 6.45) is 1.81. The second-order valence-electron chi connectivity index (χ2n) is 3.74. The molecule has 2 heterocycles. The minimum absolute atomic E-state index is 0.552. The Morgan fingerprint density at radius 1 is 1.18 bits per heavy atom. The Bertz CT molecular complexity index is 673. The number of nitrogens with two attached hydrogens (primary N) is 1. The lowest BCUT2D eigenvalue weighted by atomic mass is 10.2. The Balaban J connectivity index is 2.18. The van der Waals surface area contributed by atoms with Gasteiger partial charge in [-0.25, -0.2) is 4.98 Å². The highest BCUT2D eigenvalue weighted by Gasteiger charge is 2.06. The van der Waals surface area contributed by atoms with Crippen LogP contribution in [0.1, 0.15) is 0 Å². The van der Waals surface area contributed by atoms with Crippen molar-refractivity contribution >= 4 is 43.2 Å². The zero-order chi connectivity index (χ0) is 11.8. The van der Waals surface area contributed by atoms with Crippen LogP contribution in [0.3, 0.4) is 0 Å². The van der Waals surface area contributed by atoms with Crippen molar-refractivity contribution in [3.05, 3.63) is 47.1 Å². The number of hydrogen-bond donors (Lipinski definition) is 1. The van der Waals surface area contributed by atoms with Crippen LogP contribution in [0, 0.1) is 0 Å². The van der Waals surface area contributed by atoms with Crippen LogP contribution in [0.2, 0.25) is 0 Å². The summed E-state index contributed by atoms with van der Waals surface area (Å²) in [6.45, 7) is 0. The van der Waals surface area contributed by atoms with Crippen molar-refractivity contribution in [2.45, 2.75) is 0 Å². The van der Waals surface area contributed by atoms with Gasteiger partial charge in [-0.05, 0) is 45.6 Å². The van der Waals surface area contributed by atoms with Gasteiger partial charge in [-0.2, -0.15) is 0 Å². The maximum atomic E-state index is 5.59. The van der Waals surface area contributed by atoms with Gasteiger partial charge in [-0.1, -0.05) is 12.1 Å². The Labute approximate surface area is 111 Å². The molecule has 0 bridgehead atoms. The molecular formula is C13H9BrN2S. The zero-order valence-corrected chi connectivity index (χ0v) is 11.3. The number of rotatable bonds is 1. The topological polar surface area (TPSA) is 38.9 Å². The van der Waals surface area contributed by atoms with Gasteiger partial charge in [0.05, 0.1) is 0 Å². The Morgan fingerprint density at radius 2 is 2.06 bits per heavy atom. The minimum Gasteiger partial charge on any atom is -0.384 e. The smallest absolute Gasteiger partial charge is 0.123 e. The van der Waals surface area contributed by atoms with E-state index in [0.29, 0.717) is 5.82 Å². The molecule has 0 unspecified atom stereocenters. The third-order valence-corrected chi connectivity index (χ3v) is 4.72. The van der Waals surface area contributed by atoms with Crippen molar-refractivity contribution < 1.29 is 0 Å². The quantitative estimate of drug-likeness (QED) is 0.727. The van der Waals surface area contributed by atoms with Crippen LogP contribution in [0.5, 0.6) is 0 Å². The van der Waals surface area contributed by atoms with E-state index in [1.54, 1.807) is 11.3 Å². The van der Waals surface area contributed by atoms with Crippen molar-refractivity contribution in [1.29, 1.82) is 0 Å². The van der Waals surface area contributed by atoms with Crippen LogP contribution in [-0.2, 0) is 0 Å². The van der Waals surface area contributed by atoms with Crippen molar-refractivity contribution in [1.82, 2.24) is 4.98 Å². The molecule has 1 aromatic carbocycles. The predicted octanol–water partition coefficient (Wildman–Crippen LogP) is 4.31. The molecule has 3 rings (SSSR count). The Hall–Kier alpha value is -1.39. The average molecular weight is 305 g/mol. The third-order valence-electron chi connectivity index (χ3n) is 2.57. The van der Waals surface area contributed by atoms with E-state index in [-0.39, 0.29) is 0 Å². The van der Waals surface area contributed by atoms with Crippen molar-refractivity contribution in [2.75, 3.05) is 5.73 Å². The first-order valence-electron chi connectivity index (χ1n) is 5.14. The van der Waals surface area contributed by atoms with Crippen LogP contribution >= 0.6 is 27.3 Å². The second-order valence-corrected chi connectivity index (χ2v) is 5.65. The van der Waals surface area contributed by atoms with Crippen molar-refractivity contribution in [3.63, 3.8) is 0 Å². The number of halogens is 1. The van der Waals surface area contributed by atoms with E-state index in [2.05, 4.69) is 39.1 Å². The standard InChI is InChI=1S/C13H9BrN2S/c14-10-3-1-2-8-6-11(17-13(8)10)9-4-5-12(15)16-7-9/h1-7H,(H2,15,16). The summed E-state index contributed by atoms with van der Waals surface area (Å²) >= 11 is 5.32. The molecule has 0 aliphatic carbocycles. The second kappa shape index (κ2) is 4.13. The first-order valence-corrected chi connectivity index (χ1v) is 6.75. The van der Waals surface area contributed by atoms with Crippen LogP contribution in [0.25, 0.3) is 20.5 Å². The van der Waals surface area contributed by atoms with Gasteiger partial charge in [-0.15, -0.1) is 11.3 Å². The highest BCUT2D eigenvalue weighted by Crippen LogP contribution is 2.37. The van der Waals surface area contributed by atoms with Crippen molar-refractivity contribution in [2.24, 2.45) is 0 Å². The summed E-state index contributed by atoms with van der Waals surface area (Å²) in [5, 5.41) is 1.25. The maximum absolute atomic E-state index is 5.59. The van der Waals surface area contributed by atoms with Crippen molar-refractivity contribution in [3.8, 4) is 10.4 Å². The fourth-order valence-corrected chi connectivity index (χ4v) is 3.40. The number of hydrogen-bond acceptors (Lipinski definition) is 3. The number of benzene rings is 1. The summed E-state index contributed by atoms with van der Waals surface area (Å²) in [6, 6.07) is 12.2. The molecule has 17 heavy (non-hydrogen) atoms. The Morgan fingerprint density at radius 3 is 2.76 bits per heavy atom. The number of anilines is 1. The summed E-state index contributed by atoms with van der Waals surface area (Å²) in [5.41, 5.74) is 6.69. The lowest BCUT2D eigenvalue weighted by Gasteiger charge is -1.96. The monoisotopic (exact) mass is 304 g/mol. The van der Waals surface area contributed by atoms with E-state index in [4.69, 9.17) is 5.73 Å². The first kappa shape index (κ1) is 10.7. The van der Waals surface area contributed by atoms with Gasteiger partial charge < -0.3 is 5.73 Å². The molecule has 3 aromatic rings. The molecule has 0 aliphatic heterocycles. The highest BCUT2D eigenvalue weighted by molar-refractivity contribution is 9.10. The maximum Gasteiger partial charge on any atom is 0.123 e. The molecule has 0 fully saturated rings. The van der Waals surface area contributed by atoms with Gasteiger partial charge >= 0.3 is 0 Å². The van der Waals surface area contributed by atoms with E-state index >= 15 is 0 Å². The number of nitrogen functional groups attached to an aromatic ring is 1. The lowest BCUT2D eigenvalue weighted by Crippen LogP contribution is -1.87. The van der Waals surface area contributed by atoms with E-state index < -0.39 is 0 Å². The fraction of sp³-hybridized carbons (Fsp3) is 0. The third kappa shape index (κ3) is 1.94. The number of pyridine rings is 1. The van der Waals surface area contributed by atoms with Crippen LogP contribution in [0.15, 0.2) is 47.1 Å². The molecule has 84 valence electrons. The number of nitrogens with zero attached hydrogens (tertiary/aromatic N) is 1. The summed E-state index contributed by atoms with van der Waals surface area (Å²) < 4.78 is 2.40. The molecular weight excluding hydrogens is 296 g/mol.